The molecule has 3 heterocycles. The highest BCUT2D eigenvalue weighted by atomic mass is 16.3. The number of imidazole rings is 1. The van der Waals surface area contributed by atoms with Gasteiger partial charge in [0.1, 0.15) is 11.9 Å². The fourth-order valence-electron chi connectivity index (χ4n) is 3.94. The van der Waals surface area contributed by atoms with Gasteiger partial charge in [0.25, 0.3) is 0 Å². The molecule has 1 amide bonds. The number of carbonyl (C=O) groups is 1. The number of aryl methyl sites for hydroxylation is 1. The van der Waals surface area contributed by atoms with Crippen molar-refractivity contribution in [2.75, 3.05) is 46.3 Å². The predicted molar refractivity (Wildman–Crippen MR) is 96.1 cm³/mol. The molecule has 0 radical (unpaired) electrons. The van der Waals surface area contributed by atoms with Crippen molar-refractivity contribution in [1.82, 2.24) is 24.3 Å². The molecule has 3 rings (SSSR count). The number of aliphatic hydroxyl groups is 1. The predicted octanol–water partition coefficient (Wildman–Crippen LogP) is 0.565. The molecule has 1 N–H and O–H groups in total. The number of aromatic nitrogens is 2. The number of likely N-dealkylation sites (N-methyl/N-ethyl adjacent to an activating group) is 1. The van der Waals surface area contributed by atoms with Crippen molar-refractivity contribution in [3.05, 3.63) is 18.2 Å². The fraction of sp³-hybridized carbons (Fsp3) is 0.778. The lowest BCUT2D eigenvalue weighted by Crippen LogP contribution is -2.53. The molecule has 2 aliphatic rings. The molecule has 2 aliphatic heterocycles. The minimum Gasteiger partial charge on any atom is -0.385 e. The van der Waals surface area contributed by atoms with Crippen LogP contribution >= 0.6 is 0 Å². The smallest absolute Gasteiger partial charge is 0.225 e. The number of piperidine rings is 1. The molecule has 0 saturated carbocycles. The highest BCUT2D eigenvalue weighted by molar-refractivity contribution is 5.76. The zero-order valence-corrected chi connectivity index (χ0v) is 15.5. The summed E-state index contributed by atoms with van der Waals surface area (Å²) in [5.41, 5.74) is 0. The van der Waals surface area contributed by atoms with Crippen molar-refractivity contribution in [1.29, 1.82) is 0 Å². The first-order chi connectivity index (χ1) is 12.1. The number of rotatable bonds is 5. The van der Waals surface area contributed by atoms with Gasteiger partial charge in [-0.15, -0.1) is 0 Å². The lowest BCUT2D eigenvalue weighted by molar-refractivity contribution is -0.135. The molecule has 0 aliphatic carbocycles. The summed E-state index contributed by atoms with van der Waals surface area (Å²) in [6.07, 6.45) is 4.89. The number of aliphatic hydroxyl groups excluding tert-OH is 1. The van der Waals surface area contributed by atoms with E-state index in [0.29, 0.717) is 11.9 Å². The van der Waals surface area contributed by atoms with E-state index in [4.69, 9.17) is 0 Å². The maximum atomic E-state index is 12.5. The molecule has 25 heavy (non-hydrogen) atoms. The van der Waals surface area contributed by atoms with Crippen molar-refractivity contribution in [3.8, 4) is 0 Å². The van der Waals surface area contributed by atoms with Crippen LogP contribution in [-0.4, -0.2) is 87.6 Å². The van der Waals surface area contributed by atoms with E-state index in [1.807, 2.05) is 22.6 Å². The van der Waals surface area contributed by atoms with Crippen LogP contribution in [-0.2, 0) is 11.3 Å². The molecule has 0 spiro atoms. The molecule has 2 fully saturated rings. The molecule has 0 aromatic carbocycles. The Kier molecular flexibility index (Phi) is 6.09. The van der Waals surface area contributed by atoms with Crippen LogP contribution in [0.1, 0.15) is 38.1 Å². The van der Waals surface area contributed by atoms with E-state index < -0.39 is 6.10 Å². The average molecular weight is 349 g/mol. The maximum Gasteiger partial charge on any atom is 0.225 e. The van der Waals surface area contributed by atoms with Crippen LogP contribution in [0.2, 0.25) is 0 Å². The Balaban J connectivity index is 1.47. The van der Waals surface area contributed by atoms with E-state index in [9.17, 15) is 9.90 Å². The molecule has 7 heteroatoms. The van der Waals surface area contributed by atoms with Crippen LogP contribution in [0.15, 0.2) is 12.4 Å². The molecule has 1 atom stereocenters. The number of likely N-dealkylation sites (tertiary alicyclic amines) is 1. The first kappa shape index (κ1) is 18.4. The van der Waals surface area contributed by atoms with Gasteiger partial charge in [0.15, 0.2) is 0 Å². The first-order valence-corrected chi connectivity index (χ1v) is 9.48. The second kappa shape index (κ2) is 8.29. The molecule has 7 nitrogen and oxygen atoms in total. The van der Waals surface area contributed by atoms with Crippen molar-refractivity contribution >= 4 is 5.91 Å². The fourth-order valence-corrected chi connectivity index (χ4v) is 3.94. The SMILES string of the molecule is CCn1ccnc1[C@@H](O)CC(=O)N1CCC(N2CCN(C)CC2)CC1. The summed E-state index contributed by atoms with van der Waals surface area (Å²) in [6, 6.07) is 0.599. The van der Waals surface area contributed by atoms with E-state index in [1.165, 1.54) is 0 Å². The van der Waals surface area contributed by atoms with Crippen molar-refractivity contribution < 1.29 is 9.90 Å². The lowest BCUT2D eigenvalue weighted by Gasteiger charge is -2.42. The highest BCUT2D eigenvalue weighted by Gasteiger charge is 2.29. The minimum absolute atomic E-state index is 0.0370. The third-order valence-electron chi connectivity index (χ3n) is 5.63. The number of piperazine rings is 1. The second-order valence-electron chi connectivity index (χ2n) is 7.24. The van der Waals surface area contributed by atoms with Crippen LogP contribution in [0.5, 0.6) is 0 Å². The normalized spacial score (nSPS) is 22.3. The quantitative estimate of drug-likeness (QED) is 0.842. The van der Waals surface area contributed by atoms with Gasteiger partial charge in [-0.2, -0.15) is 0 Å². The third-order valence-corrected chi connectivity index (χ3v) is 5.63. The van der Waals surface area contributed by atoms with Crippen molar-refractivity contribution in [2.24, 2.45) is 0 Å². The standard InChI is InChI=1S/C18H31N5O2/c1-3-21-9-6-19-18(21)16(24)14-17(25)23-7-4-15(5-8-23)22-12-10-20(2)11-13-22/h6,9,15-16,24H,3-5,7-8,10-14H2,1-2H3/t16-/m0/s1. The summed E-state index contributed by atoms with van der Waals surface area (Å²) in [5, 5.41) is 10.4. The number of hydrogen-bond donors (Lipinski definition) is 1. The van der Waals surface area contributed by atoms with Gasteiger partial charge >= 0.3 is 0 Å². The zero-order valence-electron chi connectivity index (χ0n) is 15.5. The monoisotopic (exact) mass is 349 g/mol. The second-order valence-corrected chi connectivity index (χ2v) is 7.24. The van der Waals surface area contributed by atoms with Gasteiger partial charge in [0.2, 0.25) is 5.91 Å². The first-order valence-electron chi connectivity index (χ1n) is 9.48. The molecular weight excluding hydrogens is 318 g/mol. The molecule has 1 aromatic heterocycles. The maximum absolute atomic E-state index is 12.5. The Hall–Kier alpha value is -1.44. The molecule has 2 saturated heterocycles. The van der Waals surface area contributed by atoms with Gasteiger partial charge < -0.3 is 19.5 Å². The number of hydrogen-bond acceptors (Lipinski definition) is 5. The van der Waals surface area contributed by atoms with E-state index >= 15 is 0 Å². The van der Waals surface area contributed by atoms with E-state index in [0.717, 1.165) is 58.7 Å². The van der Waals surface area contributed by atoms with Crippen LogP contribution < -0.4 is 0 Å². The Morgan fingerprint density at radius 1 is 1.24 bits per heavy atom. The van der Waals surface area contributed by atoms with Crippen molar-refractivity contribution in [2.45, 2.75) is 44.9 Å². The van der Waals surface area contributed by atoms with Crippen LogP contribution in [0.25, 0.3) is 0 Å². The summed E-state index contributed by atoms with van der Waals surface area (Å²) in [7, 11) is 2.17. The van der Waals surface area contributed by atoms with Gasteiger partial charge in [-0.3, -0.25) is 9.69 Å². The van der Waals surface area contributed by atoms with Crippen LogP contribution in [0.4, 0.5) is 0 Å². The van der Waals surface area contributed by atoms with Gasteiger partial charge in [-0.25, -0.2) is 4.98 Å². The Morgan fingerprint density at radius 2 is 1.92 bits per heavy atom. The lowest BCUT2D eigenvalue weighted by atomic mass is 10.0. The van der Waals surface area contributed by atoms with Gasteiger partial charge in [0.05, 0.1) is 6.42 Å². The Morgan fingerprint density at radius 3 is 2.56 bits per heavy atom. The molecule has 1 aromatic rings. The molecular formula is C18H31N5O2. The summed E-state index contributed by atoms with van der Waals surface area (Å²) in [6.45, 7) is 8.88. The number of amides is 1. The summed E-state index contributed by atoms with van der Waals surface area (Å²) in [4.78, 5) is 23.6. The van der Waals surface area contributed by atoms with Crippen LogP contribution in [0, 0.1) is 0 Å². The largest absolute Gasteiger partial charge is 0.385 e. The van der Waals surface area contributed by atoms with E-state index in [-0.39, 0.29) is 12.3 Å². The van der Waals surface area contributed by atoms with Crippen LogP contribution in [0.3, 0.4) is 0 Å². The van der Waals surface area contributed by atoms with Gasteiger partial charge in [0, 0.05) is 64.2 Å². The summed E-state index contributed by atoms with van der Waals surface area (Å²) < 4.78 is 1.89. The summed E-state index contributed by atoms with van der Waals surface area (Å²) >= 11 is 0. The molecule has 0 bridgehead atoms. The van der Waals surface area contributed by atoms with E-state index in [2.05, 4.69) is 21.8 Å². The minimum atomic E-state index is -0.821. The number of nitrogens with zero attached hydrogens (tertiary/aromatic N) is 5. The van der Waals surface area contributed by atoms with Gasteiger partial charge in [-0.1, -0.05) is 0 Å². The van der Waals surface area contributed by atoms with Crippen molar-refractivity contribution in [3.63, 3.8) is 0 Å². The third kappa shape index (κ3) is 4.40. The Labute approximate surface area is 150 Å². The molecule has 140 valence electrons. The highest BCUT2D eigenvalue weighted by Crippen LogP contribution is 2.21. The molecule has 0 unspecified atom stereocenters. The average Bonchev–Trinajstić information content (AvgIpc) is 3.11. The van der Waals surface area contributed by atoms with Gasteiger partial charge in [-0.05, 0) is 26.8 Å². The Bertz CT molecular complexity index is 560. The zero-order chi connectivity index (χ0) is 17.8. The number of carbonyl (C=O) groups excluding carboxylic acids is 1. The van der Waals surface area contributed by atoms with E-state index in [1.54, 1.807) is 6.20 Å². The summed E-state index contributed by atoms with van der Waals surface area (Å²) in [5.74, 6) is 0.623. The topological polar surface area (TPSA) is 64.8 Å².